The zero-order valence-corrected chi connectivity index (χ0v) is 17.2. The summed E-state index contributed by atoms with van der Waals surface area (Å²) in [6.07, 6.45) is 3.46. The van der Waals surface area contributed by atoms with Crippen LogP contribution in [0.3, 0.4) is 0 Å². The third-order valence-corrected chi connectivity index (χ3v) is 5.23. The van der Waals surface area contributed by atoms with Crippen LogP contribution in [0.1, 0.15) is 30.0 Å². The van der Waals surface area contributed by atoms with Gasteiger partial charge in [-0.15, -0.1) is 0 Å². The van der Waals surface area contributed by atoms with Crippen LogP contribution < -0.4 is 0 Å². The Bertz CT molecular complexity index is 917. The zero-order valence-electron chi connectivity index (χ0n) is 16.5. The Morgan fingerprint density at radius 3 is 1.90 bits per heavy atom. The predicted octanol–water partition coefficient (Wildman–Crippen LogP) is 4.61. The van der Waals surface area contributed by atoms with E-state index in [9.17, 15) is 9.59 Å². The third kappa shape index (κ3) is 4.35. The largest absolute Gasteiger partial charge is 0.466 e. The SMILES string of the molecule is COC(=O)C1=CN([C@@H](C)c2ccccc2)C=C(C(=O)OC)C1c1ccc(Cl)cc1. The van der Waals surface area contributed by atoms with E-state index < -0.39 is 17.9 Å². The van der Waals surface area contributed by atoms with E-state index in [2.05, 4.69) is 0 Å². The van der Waals surface area contributed by atoms with Crippen LogP contribution >= 0.6 is 11.6 Å². The Balaban J connectivity index is 2.12. The highest BCUT2D eigenvalue weighted by Gasteiger charge is 2.36. The van der Waals surface area contributed by atoms with Gasteiger partial charge in [0.05, 0.1) is 37.3 Å². The second-order valence-corrected chi connectivity index (χ2v) is 7.11. The number of nitrogens with zero attached hydrogens (tertiary/aromatic N) is 1. The molecule has 5 nitrogen and oxygen atoms in total. The third-order valence-electron chi connectivity index (χ3n) is 4.97. The van der Waals surface area contributed by atoms with E-state index >= 15 is 0 Å². The molecule has 0 unspecified atom stereocenters. The van der Waals surface area contributed by atoms with Crippen LogP contribution in [0.25, 0.3) is 0 Å². The van der Waals surface area contributed by atoms with Gasteiger partial charge in [0.15, 0.2) is 0 Å². The van der Waals surface area contributed by atoms with Gasteiger partial charge in [0.2, 0.25) is 0 Å². The molecule has 0 saturated carbocycles. The van der Waals surface area contributed by atoms with Crippen molar-refractivity contribution in [2.45, 2.75) is 18.9 Å². The lowest BCUT2D eigenvalue weighted by Gasteiger charge is -2.33. The molecule has 29 heavy (non-hydrogen) atoms. The van der Waals surface area contributed by atoms with Gasteiger partial charge in [-0.05, 0) is 30.2 Å². The fourth-order valence-electron chi connectivity index (χ4n) is 3.39. The maximum Gasteiger partial charge on any atom is 0.336 e. The number of benzene rings is 2. The fourth-order valence-corrected chi connectivity index (χ4v) is 3.52. The quantitative estimate of drug-likeness (QED) is 0.672. The first-order valence-corrected chi connectivity index (χ1v) is 9.52. The second kappa shape index (κ2) is 8.97. The Labute approximate surface area is 175 Å². The van der Waals surface area contributed by atoms with Crippen LogP contribution in [-0.2, 0) is 19.1 Å². The van der Waals surface area contributed by atoms with Gasteiger partial charge >= 0.3 is 11.9 Å². The van der Waals surface area contributed by atoms with Gasteiger partial charge in [-0.2, -0.15) is 0 Å². The van der Waals surface area contributed by atoms with E-state index in [0.717, 1.165) is 11.1 Å². The Kier molecular flexibility index (Phi) is 6.39. The molecule has 1 aliphatic heterocycles. The highest BCUT2D eigenvalue weighted by molar-refractivity contribution is 6.30. The van der Waals surface area contributed by atoms with Crippen molar-refractivity contribution in [3.05, 3.63) is 94.3 Å². The van der Waals surface area contributed by atoms with E-state index in [1.54, 1.807) is 36.7 Å². The average Bonchev–Trinajstić information content (AvgIpc) is 2.77. The summed E-state index contributed by atoms with van der Waals surface area (Å²) in [4.78, 5) is 27.1. The molecule has 0 aliphatic carbocycles. The van der Waals surface area contributed by atoms with Crippen molar-refractivity contribution in [3.8, 4) is 0 Å². The van der Waals surface area contributed by atoms with Gasteiger partial charge in [0.25, 0.3) is 0 Å². The minimum atomic E-state index is -0.619. The normalized spacial score (nSPS) is 15.2. The number of hydrogen-bond donors (Lipinski definition) is 0. The smallest absolute Gasteiger partial charge is 0.336 e. The second-order valence-electron chi connectivity index (χ2n) is 6.67. The van der Waals surface area contributed by atoms with Gasteiger partial charge in [0, 0.05) is 17.4 Å². The zero-order chi connectivity index (χ0) is 21.0. The molecular formula is C23H22ClNO4. The molecule has 0 aromatic heterocycles. The molecule has 6 heteroatoms. The Hall–Kier alpha value is -3.05. The molecular weight excluding hydrogens is 390 g/mol. The molecule has 1 aliphatic rings. The number of rotatable bonds is 5. The van der Waals surface area contributed by atoms with Gasteiger partial charge < -0.3 is 14.4 Å². The van der Waals surface area contributed by atoms with Crippen molar-refractivity contribution in [1.82, 2.24) is 4.90 Å². The predicted molar refractivity (Wildman–Crippen MR) is 111 cm³/mol. The molecule has 3 rings (SSSR count). The lowest BCUT2D eigenvalue weighted by Crippen LogP contribution is -2.30. The summed E-state index contributed by atoms with van der Waals surface area (Å²) in [5.74, 6) is -1.64. The fraction of sp³-hybridized carbons (Fsp3) is 0.217. The average molecular weight is 412 g/mol. The maximum absolute atomic E-state index is 12.7. The van der Waals surface area contributed by atoms with Crippen molar-refractivity contribution in [2.75, 3.05) is 14.2 Å². The molecule has 0 fully saturated rings. The van der Waals surface area contributed by atoms with Gasteiger partial charge in [-0.1, -0.05) is 54.1 Å². The number of ether oxygens (including phenoxy) is 2. The number of esters is 2. The van der Waals surface area contributed by atoms with Gasteiger partial charge in [-0.3, -0.25) is 0 Å². The minimum Gasteiger partial charge on any atom is -0.466 e. The Morgan fingerprint density at radius 1 is 0.897 bits per heavy atom. The molecule has 0 bridgehead atoms. The lowest BCUT2D eigenvalue weighted by atomic mass is 9.83. The Morgan fingerprint density at radius 2 is 1.41 bits per heavy atom. The number of carbonyl (C=O) groups excluding carboxylic acids is 2. The van der Waals surface area contributed by atoms with Gasteiger partial charge in [0.1, 0.15) is 0 Å². The molecule has 0 radical (unpaired) electrons. The summed E-state index contributed by atoms with van der Waals surface area (Å²) in [6.45, 7) is 1.99. The molecule has 1 atom stereocenters. The summed E-state index contributed by atoms with van der Waals surface area (Å²) < 4.78 is 10.0. The first-order chi connectivity index (χ1) is 14.0. The maximum atomic E-state index is 12.7. The molecule has 0 spiro atoms. The standard InChI is InChI=1S/C23H22ClNO4/c1-15(16-7-5-4-6-8-16)25-13-19(22(26)28-2)21(20(14-25)23(27)29-3)17-9-11-18(24)12-10-17/h4-15,21H,1-3H3/t15-/m0/s1. The molecule has 0 N–H and O–H groups in total. The monoisotopic (exact) mass is 411 g/mol. The summed E-state index contributed by atoms with van der Waals surface area (Å²) in [6, 6.07) is 16.7. The van der Waals surface area contributed by atoms with E-state index in [0.29, 0.717) is 16.2 Å². The van der Waals surface area contributed by atoms with Gasteiger partial charge in [-0.25, -0.2) is 9.59 Å². The van der Waals surface area contributed by atoms with Crippen molar-refractivity contribution in [2.24, 2.45) is 0 Å². The highest BCUT2D eigenvalue weighted by atomic mass is 35.5. The van der Waals surface area contributed by atoms with Crippen molar-refractivity contribution in [3.63, 3.8) is 0 Å². The van der Waals surface area contributed by atoms with Crippen molar-refractivity contribution >= 4 is 23.5 Å². The topological polar surface area (TPSA) is 55.8 Å². The number of hydrogen-bond acceptors (Lipinski definition) is 5. The number of methoxy groups -OCH3 is 2. The summed E-state index contributed by atoms with van der Waals surface area (Å²) >= 11 is 6.01. The molecule has 0 saturated heterocycles. The highest BCUT2D eigenvalue weighted by Crippen LogP contribution is 2.39. The molecule has 2 aromatic rings. The number of halogens is 1. The molecule has 1 heterocycles. The van der Waals surface area contributed by atoms with Crippen LogP contribution in [0.2, 0.25) is 5.02 Å². The van der Waals surface area contributed by atoms with Crippen molar-refractivity contribution in [1.29, 1.82) is 0 Å². The summed E-state index contributed by atoms with van der Waals surface area (Å²) in [5.41, 5.74) is 2.48. The van der Waals surface area contributed by atoms with Crippen LogP contribution in [0.4, 0.5) is 0 Å². The molecule has 150 valence electrons. The molecule has 2 aromatic carbocycles. The van der Waals surface area contributed by atoms with E-state index in [4.69, 9.17) is 21.1 Å². The van der Waals surface area contributed by atoms with E-state index in [-0.39, 0.29) is 6.04 Å². The first-order valence-electron chi connectivity index (χ1n) is 9.14. The van der Waals surface area contributed by atoms with Crippen LogP contribution in [0.15, 0.2) is 78.1 Å². The first kappa shape index (κ1) is 20.7. The van der Waals surface area contributed by atoms with E-state index in [1.807, 2.05) is 42.2 Å². The van der Waals surface area contributed by atoms with E-state index in [1.165, 1.54) is 14.2 Å². The van der Waals surface area contributed by atoms with Crippen molar-refractivity contribution < 1.29 is 19.1 Å². The minimum absolute atomic E-state index is 0.110. The number of carbonyl (C=O) groups is 2. The summed E-state index contributed by atoms with van der Waals surface area (Å²) in [5, 5.41) is 0.566. The van der Waals surface area contributed by atoms with Crippen LogP contribution in [-0.4, -0.2) is 31.1 Å². The summed E-state index contributed by atoms with van der Waals surface area (Å²) in [7, 11) is 2.65. The van der Waals surface area contributed by atoms with Crippen LogP contribution in [0, 0.1) is 0 Å². The van der Waals surface area contributed by atoms with Crippen LogP contribution in [0.5, 0.6) is 0 Å². The lowest BCUT2D eigenvalue weighted by molar-refractivity contribution is -0.137. The molecule has 0 amide bonds.